The van der Waals surface area contributed by atoms with E-state index in [9.17, 15) is 4.79 Å². The molecule has 2 aliphatic rings. The van der Waals surface area contributed by atoms with Gasteiger partial charge in [0, 0.05) is 19.0 Å². The van der Waals surface area contributed by atoms with E-state index in [1.165, 1.54) is 25.7 Å². The maximum Gasteiger partial charge on any atom is 0.225 e. The van der Waals surface area contributed by atoms with E-state index in [0.29, 0.717) is 17.9 Å². The fourth-order valence-corrected chi connectivity index (χ4v) is 2.43. The Morgan fingerprint density at radius 2 is 1.64 bits per heavy atom. The molecule has 2 aliphatic carbocycles. The van der Waals surface area contributed by atoms with Crippen molar-refractivity contribution in [2.45, 2.75) is 51.5 Å². The maximum absolute atomic E-state index is 11.8. The third-order valence-electron chi connectivity index (χ3n) is 3.81. The summed E-state index contributed by atoms with van der Waals surface area (Å²) in [6, 6.07) is 0.541. The number of carbonyl (C=O) groups is 1. The molecule has 2 saturated carbocycles. The van der Waals surface area contributed by atoms with Crippen molar-refractivity contribution in [2.75, 3.05) is 7.05 Å². The zero-order valence-corrected chi connectivity index (χ0v) is 9.33. The molecule has 0 radical (unpaired) electrons. The molecule has 2 heteroatoms. The lowest BCUT2D eigenvalue weighted by Gasteiger charge is -2.33. The van der Waals surface area contributed by atoms with E-state index in [2.05, 4.69) is 6.92 Å². The fraction of sp³-hybridized carbons (Fsp3) is 0.917. The molecule has 0 bridgehead atoms. The van der Waals surface area contributed by atoms with Gasteiger partial charge in [0.05, 0.1) is 0 Å². The Morgan fingerprint density at radius 1 is 1.07 bits per heavy atom. The summed E-state index contributed by atoms with van der Waals surface area (Å²) in [5.74, 6) is 1.67. The first-order valence-electron chi connectivity index (χ1n) is 5.95. The van der Waals surface area contributed by atoms with Crippen molar-refractivity contribution >= 4 is 5.91 Å². The predicted molar refractivity (Wildman–Crippen MR) is 56.9 cm³/mol. The minimum Gasteiger partial charge on any atom is -0.343 e. The summed E-state index contributed by atoms with van der Waals surface area (Å²) in [4.78, 5) is 13.8. The van der Waals surface area contributed by atoms with E-state index in [1.807, 2.05) is 11.9 Å². The molecule has 2 nitrogen and oxygen atoms in total. The Hall–Kier alpha value is -0.530. The second kappa shape index (κ2) is 3.92. The molecule has 0 atom stereocenters. The molecule has 2 rings (SSSR count). The molecule has 14 heavy (non-hydrogen) atoms. The topological polar surface area (TPSA) is 20.3 Å². The van der Waals surface area contributed by atoms with Gasteiger partial charge in [-0.3, -0.25) is 4.79 Å². The summed E-state index contributed by atoms with van der Waals surface area (Å²) in [5.41, 5.74) is 0. The maximum atomic E-state index is 11.8. The Labute approximate surface area is 86.7 Å². The molecule has 1 amide bonds. The van der Waals surface area contributed by atoms with E-state index in [4.69, 9.17) is 0 Å². The lowest BCUT2D eigenvalue weighted by Crippen LogP contribution is -2.40. The van der Waals surface area contributed by atoms with Gasteiger partial charge in [0.2, 0.25) is 5.91 Å². The number of nitrogens with zero attached hydrogens (tertiary/aromatic N) is 1. The molecule has 0 aromatic rings. The summed E-state index contributed by atoms with van der Waals surface area (Å²) in [6.07, 6.45) is 7.30. The summed E-state index contributed by atoms with van der Waals surface area (Å²) >= 11 is 0. The van der Waals surface area contributed by atoms with Crippen molar-refractivity contribution in [3.8, 4) is 0 Å². The van der Waals surface area contributed by atoms with Crippen LogP contribution < -0.4 is 0 Å². The number of hydrogen-bond acceptors (Lipinski definition) is 1. The average Bonchev–Trinajstić information content (AvgIpc) is 3.00. The minimum absolute atomic E-state index is 0.388. The molecule has 0 aromatic heterocycles. The number of hydrogen-bond donors (Lipinski definition) is 0. The van der Waals surface area contributed by atoms with Gasteiger partial charge in [-0.05, 0) is 44.4 Å². The third kappa shape index (κ3) is 2.10. The summed E-state index contributed by atoms with van der Waals surface area (Å²) < 4.78 is 0. The van der Waals surface area contributed by atoms with Gasteiger partial charge >= 0.3 is 0 Å². The van der Waals surface area contributed by atoms with Crippen molar-refractivity contribution in [3.05, 3.63) is 0 Å². The van der Waals surface area contributed by atoms with Crippen LogP contribution in [0.4, 0.5) is 0 Å². The largest absolute Gasteiger partial charge is 0.343 e. The predicted octanol–water partition coefficient (Wildman–Crippen LogP) is 2.43. The zero-order chi connectivity index (χ0) is 10.1. The molecule has 0 aromatic carbocycles. The first kappa shape index (κ1) is 10.0. The molecule has 0 spiro atoms. The standard InChI is InChI=1S/C12H21NO/c1-9-3-7-11(8-4-9)13(2)12(14)10-5-6-10/h9-11H,3-8H2,1-2H3/t9-,11-. The van der Waals surface area contributed by atoms with Crippen LogP contribution in [0.15, 0.2) is 0 Å². The number of carbonyl (C=O) groups excluding carboxylic acids is 1. The molecule has 80 valence electrons. The van der Waals surface area contributed by atoms with Crippen LogP contribution in [0.25, 0.3) is 0 Å². The van der Waals surface area contributed by atoms with Crippen molar-refractivity contribution in [3.63, 3.8) is 0 Å². The van der Waals surface area contributed by atoms with Gasteiger partial charge in [0.25, 0.3) is 0 Å². The van der Waals surface area contributed by atoms with Gasteiger partial charge in [0.1, 0.15) is 0 Å². The highest BCUT2D eigenvalue weighted by Crippen LogP contribution is 2.33. The Bertz CT molecular complexity index is 214. The van der Waals surface area contributed by atoms with Gasteiger partial charge in [-0.15, -0.1) is 0 Å². The highest BCUT2D eigenvalue weighted by molar-refractivity contribution is 5.81. The van der Waals surface area contributed by atoms with E-state index in [-0.39, 0.29) is 0 Å². The molecular formula is C12H21NO. The summed E-state index contributed by atoms with van der Waals surface area (Å²) in [7, 11) is 2.00. The van der Waals surface area contributed by atoms with Crippen LogP contribution in [-0.2, 0) is 4.79 Å². The third-order valence-corrected chi connectivity index (χ3v) is 3.81. The number of amides is 1. The SMILES string of the molecule is CN(C(=O)C1CC1)[C@H]1CC[C@H](C)CC1. The van der Waals surface area contributed by atoms with E-state index < -0.39 is 0 Å². The van der Waals surface area contributed by atoms with Crippen LogP contribution in [0.5, 0.6) is 0 Å². The molecule has 0 N–H and O–H groups in total. The first-order chi connectivity index (χ1) is 6.68. The molecular weight excluding hydrogens is 174 g/mol. The second-order valence-electron chi connectivity index (χ2n) is 5.14. The zero-order valence-electron chi connectivity index (χ0n) is 9.33. The summed E-state index contributed by atoms with van der Waals surface area (Å²) in [6.45, 7) is 2.32. The van der Waals surface area contributed by atoms with E-state index in [1.54, 1.807) is 0 Å². The van der Waals surface area contributed by atoms with Crippen LogP contribution >= 0.6 is 0 Å². The lowest BCUT2D eigenvalue weighted by molar-refractivity contribution is -0.134. The Kier molecular flexibility index (Phi) is 2.80. The number of rotatable bonds is 2. The first-order valence-corrected chi connectivity index (χ1v) is 5.95. The second-order valence-corrected chi connectivity index (χ2v) is 5.14. The molecule has 2 fully saturated rings. The van der Waals surface area contributed by atoms with Crippen LogP contribution in [0.1, 0.15) is 45.4 Å². The monoisotopic (exact) mass is 195 g/mol. The van der Waals surface area contributed by atoms with Gasteiger partial charge in [-0.25, -0.2) is 0 Å². The van der Waals surface area contributed by atoms with Gasteiger partial charge in [-0.1, -0.05) is 6.92 Å². The highest BCUT2D eigenvalue weighted by Gasteiger charge is 2.35. The molecule has 0 saturated heterocycles. The Balaban J connectivity index is 1.84. The summed E-state index contributed by atoms with van der Waals surface area (Å²) in [5, 5.41) is 0. The molecule has 0 heterocycles. The van der Waals surface area contributed by atoms with Crippen LogP contribution in [0, 0.1) is 11.8 Å². The van der Waals surface area contributed by atoms with Crippen molar-refractivity contribution in [1.29, 1.82) is 0 Å². The highest BCUT2D eigenvalue weighted by atomic mass is 16.2. The molecule has 0 aliphatic heterocycles. The fourth-order valence-electron chi connectivity index (χ4n) is 2.43. The van der Waals surface area contributed by atoms with Gasteiger partial charge < -0.3 is 4.90 Å². The smallest absolute Gasteiger partial charge is 0.225 e. The van der Waals surface area contributed by atoms with Crippen molar-refractivity contribution in [1.82, 2.24) is 4.90 Å². The van der Waals surface area contributed by atoms with E-state index >= 15 is 0 Å². The van der Waals surface area contributed by atoms with Crippen LogP contribution in [-0.4, -0.2) is 23.9 Å². The molecule has 0 unspecified atom stereocenters. The normalized spacial score (nSPS) is 32.7. The minimum atomic E-state index is 0.388. The van der Waals surface area contributed by atoms with Crippen molar-refractivity contribution in [2.24, 2.45) is 11.8 Å². The Morgan fingerprint density at radius 3 is 2.14 bits per heavy atom. The van der Waals surface area contributed by atoms with Gasteiger partial charge in [0.15, 0.2) is 0 Å². The lowest BCUT2D eigenvalue weighted by atomic mass is 9.86. The van der Waals surface area contributed by atoms with Crippen LogP contribution in [0.3, 0.4) is 0 Å². The van der Waals surface area contributed by atoms with Gasteiger partial charge in [-0.2, -0.15) is 0 Å². The van der Waals surface area contributed by atoms with Crippen molar-refractivity contribution < 1.29 is 4.79 Å². The quantitative estimate of drug-likeness (QED) is 0.662. The van der Waals surface area contributed by atoms with E-state index in [0.717, 1.165) is 18.8 Å². The van der Waals surface area contributed by atoms with Crippen LogP contribution in [0.2, 0.25) is 0 Å². The average molecular weight is 195 g/mol.